The zero-order valence-electron chi connectivity index (χ0n) is 15.1. The molecule has 1 aliphatic rings. The molecule has 3 N–H and O–H groups in total. The molecular weight excluding hydrogens is 374 g/mol. The van der Waals surface area contributed by atoms with Crippen LogP contribution in [0.5, 0.6) is 5.75 Å². The molecule has 146 valence electrons. The minimum absolute atomic E-state index is 0.00950. The summed E-state index contributed by atoms with van der Waals surface area (Å²) in [5.74, 6) is -1.91. The second kappa shape index (κ2) is 6.84. The number of sulfone groups is 1. The Kier molecular flexibility index (Phi) is 4.85. The Morgan fingerprint density at radius 1 is 1.30 bits per heavy atom. The summed E-state index contributed by atoms with van der Waals surface area (Å²) < 4.78 is 26.0. The van der Waals surface area contributed by atoms with E-state index in [1.807, 2.05) is 11.5 Å². The summed E-state index contributed by atoms with van der Waals surface area (Å²) in [7, 11) is -3.31. The van der Waals surface area contributed by atoms with Crippen LogP contribution < -0.4 is 5.56 Å². The molecular formula is C17H21N3O6S. The fourth-order valence-electron chi connectivity index (χ4n) is 3.48. The normalized spacial score (nSPS) is 13.7. The standard InChI is InChI=1S/C17H21N3O6S/c1-3-20-10-7-5-6-9-13(19-16(22)12(15(9)21)17(23)24)14(10)18-11(20)8-27(25,26)4-2/h3-8H2,1-2H3,(H,23,24)(H2,19,21,22). The van der Waals surface area contributed by atoms with Crippen LogP contribution in [-0.4, -0.2) is 44.9 Å². The minimum Gasteiger partial charge on any atom is -0.506 e. The third kappa shape index (κ3) is 3.25. The van der Waals surface area contributed by atoms with Crippen molar-refractivity contribution >= 4 is 15.8 Å². The van der Waals surface area contributed by atoms with Crippen LogP contribution in [0.1, 0.15) is 47.7 Å². The predicted octanol–water partition coefficient (Wildman–Crippen LogP) is 1.09. The van der Waals surface area contributed by atoms with E-state index >= 15 is 0 Å². The van der Waals surface area contributed by atoms with Gasteiger partial charge in [-0.15, -0.1) is 0 Å². The Balaban J connectivity index is 2.27. The fourth-order valence-corrected chi connectivity index (χ4v) is 4.30. The quantitative estimate of drug-likeness (QED) is 0.687. The Morgan fingerprint density at radius 2 is 2.00 bits per heavy atom. The first-order chi connectivity index (χ1) is 12.7. The minimum atomic E-state index is -3.31. The second-order valence-electron chi connectivity index (χ2n) is 6.43. The van der Waals surface area contributed by atoms with E-state index in [2.05, 4.69) is 9.97 Å². The number of nitrogens with one attached hydrogen (secondary N) is 1. The molecule has 0 radical (unpaired) electrons. The number of carbonyl (C=O) groups is 1. The highest BCUT2D eigenvalue weighted by atomic mass is 32.2. The summed E-state index contributed by atoms with van der Waals surface area (Å²) in [5, 5.41) is 19.6. The molecule has 0 saturated carbocycles. The topological polar surface area (TPSA) is 142 Å². The van der Waals surface area contributed by atoms with Crippen LogP contribution in [0.4, 0.5) is 0 Å². The number of carboxylic acids is 1. The molecule has 0 spiro atoms. The molecule has 2 heterocycles. The number of rotatable bonds is 5. The van der Waals surface area contributed by atoms with E-state index in [0.29, 0.717) is 42.9 Å². The lowest BCUT2D eigenvalue weighted by Gasteiger charge is -2.09. The zero-order chi connectivity index (χ0) is 19.9. The van der Waals surface area contributed by atoms with Gasteiger partial charge in [0.25, 0.3) is 5.56 Å². The molecule has 0 fully saturated rings. The molecule has 1 aliphatic carbocycles. The van der Waals surface area contributed by atoms with Crippen molar-refractivity contribution in [3.8, 4) is 17.1 Å². The second-order valence-corrected chi connectivity index (χ2v) is 8.79. The SMILES string of the molecule is CCn1c(CS(=O)(=O)CC)nc2c1CCCc1c-2[nH]c(=O)c(C(=O)O)c1O. The van der Waals surface area contributed by atoms with Gasteiger partial charge < -0.3 is 19.8 Å². The zero-order valence-corrected chi connectivity index (χ0v) is 15.9. The van der Waals surface area contributed by atoms with Gasteiger partial charge in [0.05, 0.1) is 5.69 Å². The fraction of sp³-hybridized carbons (Fsp3) is 0.471. The van der Waals surface area contributed by atoms with E-state index in [-0.39, 0.29) is 17.2 Å². The molecule has 0 saturated heterocycles. The third-order valence-corrected chi connectivity index (χ3v) is 6.42. The van der Waals surface area contributed by atoms with Gasteiger partial charge in [-0.2, -0.15) is 0 Å². The molecule has 0 unspecified atom stereocenters. The Hall–Kier alpha value is -2.62. The number of fused-ring (bicyclic) bond motifs is 3. The average Bonchev–Trinajstić information content (AvgIpc) is 2.82. The van der Waals surface area contributed by atoms with Gasteiger partial charge in [0.15, 0.2) is 15.4 Å². The van der Waals surface area contributed by atoms with Crippen LogP contribution in [0.25, 0.3) is 11.4 Å². The number of aromatic nitrogens is 3. The van der Waals surface area contributed by atoms with Crippen LogP contribution in [0.3, 0.4) is 0 Å². The summed E-state index contributed by atoms with van der Waals surface area (Å²) in [4.78, 5) is 30.5. The van der Waals surface area contributed by atoms with E-state index < -0.39 is 32.7 Å². The number of pyridine rings is 1. The first-order valence-electron chi connectivity index (χ1n) is 8.70. The lowest BCUT2D eigenvalue weighted by atomic mass is 10.0. The average molecular weight is 395 g/mol. The summed E-state index contributed by atoms with van der Waals surface area (Å²) in [6.45, 7) is 3.96. The lowest BCUT2D eigenvalue weighted by Crippen LogP contribution is -2.20. The first-order valence-corrected chi connectivity index (χ1v) is 10.5. The maximum atomic E-state index is 12.2. The molecule has 2 aromatic heterocycles. The molecule has 27 heavy (non-hydrogen) atoms. The molecule has 3 rings (SSSR count). The molecule has 0 bridgehead atoms. The Labute approximate surface area is 155 Å². The van der Waals surface area contributed by atoms with Crippen molar-refractivity contribution in [2.75, 3.05) is 5.75 Å². The third-order valence-electron chi connectivity index (χ3n) is 4.84. The number of carboxylic acid groups (broad SMARTS) is 1. The van der Waals surface area contributed by atoms with Gasteiger partial charge in [0.2, 0.25) is 0 Å². The number of H-pyrrole nitrogens is 1. The van der Waals surface area contributed by atoms with Crippen LogP contribution in [0.2, 0.25) is 0 Å². The number of aromatic hydroxyl groups is 1. The van der Waals surface area contributed by atoms with Gasteiger partial charge in [-0.25, -0.2) is 18.2 Å². The number of aromatic amines is 1. The van der Waals surface area contributed by atoms with Crippen molar-refractivity contribution in [3.05, 3.63) is 33.0 Å². The van der Waals surface area contributed by atoms with Gasteiger partial charge in [-0.1, -0.05) is 6.92 Å². The predicted molar refractivity (Wildman–Crippen MR) is 97.8 cm³/mol. The highest BCUT2D eigenvalue weighted by Crippen LogP contribution is 2.36. The van der Waals surface area contributed by atoms with E-state index in [1.165, 1.54) is 0 Å². The van der Waals surface area contributed by atoms with Crippen molar-refractivity contribution in [1.82, 2.24) is 14.5 Å². The van der Waals surface area contributed by atoms with Gasteiger partial charge in [0.1, 0.15) is 23.0 Å². The Morgan fingerprint density at radius 3 is 2.59 bits per heavy atom. The molecule has 0 aliphatic heterocycles. The van der Waals surface area contributed by atoms with E-state index in [1.54, 1.807) is 6.92 Å². The smallest absolute Gasteiger partial charge is 0.345 e. The maximum absolute atomic E-state index is 12.2. The van der Waals surface area contributed by atoms with Gasteiger partial charge in [0, 0.05) is 23.6 Å². The summed E-state index contributed by atoms with van der Waals surface area (Å²) in [6.07, 6.45) is 1.55. The van der Waals surface area contributed by atoms with Crippen molar-refractivity contribution < 1.29 is 23.4 Å². The summed E-state index contributed by atoms with van der Waals surface area (Å²) in [6, 6.07) is 0. The monoisotopic (exact) mass is 395 g/mol. The Bertz CT molecular complexity index is 1080. The van der Waals surface area contributed by atoms with Gasteiger partial charge in [-0.3, -0.25) is 4.79 Å². The highest BCUT2D eigenvalue weighted by molar-refractivity contribution is 7.90. The largest absolute Gasteiger partial charge is 0.506 e. The maximum Gasteiger partial charge on any atom is 0.345 e. The summed E-state index contributed by atoms with van der Waals surface area (Å²) >= 11 is 0. The number of hydrogen-bond acceptors (Lipinski definition) is 6. The molecule has 0 atom stereocenters. The number of aromatic carboxylic acids is 1. The van der Waals surface area contributed by atoms with Crippen LogP contribution in [0, 0.1) is 0 Å². The van der Waals surface area contributed by atoms with Crippen LogP contribution in [-0.2, 0) is 35.0 Å². The van der Waals surface area contributed by atoms with Crippen molar-refractivity contribution in [1.29, 1.82) is 0 Å². The van der Waals surface area contributed by atoms with Crippen LogP contribution in [0.15, 0.2) is 4.79 Å². The molecule has 2 aromatic rings. The van der Waals surface area contributed by atoms with Gasteiger partial charge >= 0.3 is 5.97 Å². The number of hydrogen-bond donors (Lipinski definition) is 3. The summed E-state index contributed by atoms with van der Waals surface area (Å²) in [5.41, 5.74) is 0.140. The van der Waals surface area contributed by atoms with E-state index in [4.69, 9.17) is 0 Å². The van der Waals surface area contributed by atoms with Crippen molar-refractivity contribution in [3.63, 3.8) is 0 Å². The molecule has 10 heteroatoms. The number of imidazole rings is 1. The van der Waals surface area contributed by atoms with E-state index in [0.717, 1.165) is 5.69 Å². The van der Waals surface area contributed by atoms with Gasteiger partial charge in [-0.05, 0) is 26.2 Å². The first kappa shape index (κ1) is 19.2. The molecule has 9 nitrogen and oxygen atoms in total. The van der Waals surface area contributed by atoms with Crippen LogP contribution >= 0.6 is 0 Å². The lowest BCUT2D eigenvalue weighted by molar-refractivity contribution is 0.0691. The number of nitrogens with zero attached hydrogens (tertiary/aromatic N) is 2. The van der Waals surface area contributed by atoms with Crippen molar-refractivity contribution in [2.24, 2.45) is 0 Å². The molecule has 0 aromatic carbocycles. The highest BCUT2D eigenvalue weighted by Gasteiger charge is 2.29. The molecule has 0 amide bonds. The van der Waals surface area contributed by atoms with E-state index in [9.17, 15) is 28.2 Å². The van der Waals surface area contributed by atoms with Crippen molar-refractivity contribution in [2.45, 2.75) is 45.4 Å².